The lowest BCUT2D eigenvalue weighted by Gasteiger charge is -1.95. The standard InChI is InChI=1S/C12H7ClN2O2/c13-9-5-2-1-4-8(9)12-14-11(15-17-12)10-6-3-7-16-10/h1-7H. The third kappa shape index (κ3) is 1.83. The minimum absolute atomic E-state index is 0.377. The topological polar surface area (TPSA) is 52.1 Å². The number of halogens is 1. The number of rotatable bonds is 2. The Kier molecular flexibility index (Phi) is 2.42. The van der Waals surface area contributed by atoms with Crippen molar-refractivity contribution in [3.63, 3.8) is 0 Å². The minimum atomic E-state index is 0.377. The molecule has 0 aliphatic heterocycles. The maximum atomic E-state index is 6.04. The second-order valence-electron chi connectivity index (χ2n) is 3.38. The van der Waals surface area contributed by atoms with E-state index in [1.165, 1.54) is 0 Å². The highest BCUT2D eigenvalue weighted by atomic mass is 35.5. The van der Waals surface area contributed by atoms with Crippen LogP contribution in [0.4, 0.5) is 0 Å². The summed E-state index contributed by atoms with van der Waals surface area (Å²) in [6.07, 6.45) is 1.56. The first-order valence-corrected chi connectivity index (χ1v) is 5.35. The molecule has 4 nitrogen and oxygen atoms in total. The van der Waals surface area contributed by atoms with Crippen LogP contribution in [-0.2, 0) is 0 Å². The fourth-order valence-corrected chi connectivity index (χ4v) is 1.69. The quantitative estimate of drug-likeness (QED) is 0.693. The Morgan fingerprint density at radius 2 is 1.94 bits per heavy atom. The maximum Gasteiger partial charge on any atom is 0.259 e. The van der Waals surface area contributed by atoms with Crippen LogP contribution in [-0.4, -0.2) is 10.1 Å². The van der Waals surface area contributed by atoms with Gasteiger partial charge in [0.25, 0.3) is 5.89 Å². The zero-order valence-corrected chi connectivity index (χ0v) is 9.39. The van der Waals surface area contributed by atoms with Gasteiger partial charge in [-0.15, -0.1) is 0 Å². The molecule has 2 heterocycles. The molecule has 2 aromatic heterocycles. The molecule has 0 saturated heterocycles. The van der Waals surface area contributed by atoms with Crippen LogP contribution in [0.2, 0.25) is 5.02 Å². The third-order valence-corrected chi connectivity index (χ3v) is 2.60. The monoisotopic (exact) mass is 246 g/mol. The molecular weight excluding hydrogens is 240 g/mol. The predicted octanol–water partition coefficient (Wildman–Crippen LogP) is 3.65. The lowest BCUT2D eigenvalue weighted by molar-refractivity contribution is 0.429. The van der Waals surface area contributed by atoms with E-state index >= 15 is 0 Å². The Bertz CT molecular complexity index is 632. The van der Waals surface area contributed by atoms with Crippen LogP contribution in [0.15, 0.2) is 51.6 Å². The molecule has 0 N–H and O–H groups in total. The number of aromatic nitrogens is 2. The van der Waals surface area contributed by atoms with E-state index in [1.54, 1.807) is 24.5 Å². The van der Waals surface area contributed by atoms with Crippen molar-refractivity contribution in [2.75, 3.05) is 0 Å². The Morgan fingerprint density at radius 1 is 1.06 bits per heavy atom. The van der Waals surface area contributed by atoms with Gasteiger partial charge in [-0.05, 0) is 24.3 Å². The Hall–Kier alpha value is -2.07. The molecule has 0 atom stereocenters. The average molecular weight is 247 g/mol. The van der Waals surface area contributed by atoms with Gasteiger partial charge < -0.3 is 8.94 Å². The smallest absolute Gasteiger partial charge is 0.259 e. The molecule has 0 fully saturated rings. The second kappa shape index (κ2) is 4.07. The summed E-state index contributed by atoms with van der Waals surface area (Å²) in [5.41, 5.74) is 0.708. The van der Waals surface area contributed by atoms with E-state index in [-0.39, 0.29) is 0 Å². The summed E-state index contributed by atoms with van der Waals surface area (Å²) < 4.78 is 10.3. The van der Waals surface area contributed by atoms with Gasteiger partial charge in [-0.1, -0.05) is 28.9 Å². The summed E-state index contributed by atoms with van der Waals surface area (Å²) in [7, 11) is 0. The zero-order chi connectivity index (χ0) is 11.7. The fraction of sp³-hybridized carbons (Fsp3) is 0. The average Bonchev–Trinajstić information content (AvgIpc) is 3.00. The highest BCUT2D eigenvalue weighted by Gasteiger charge is 2.14. The molecule has 0 bridgehead atoms. The first-order valence-electron chi connectivity index (χ1n) is 4.97. The summed E-state index contributed by atoms with van der Waals surface area (Å²) in [6, 6.07) is 10.8. The van der Waals surface area contributed by atoms with Crippen LogP contribution in [0.1, 0.15) is 0 Å². The van der Waals surface area contributed by atoms with Crippen LogP contribution < -0.4 is 0 Å². The maximum absolute atomic E-state index is 6.04. The first kappa shape index (κ1) is 10.1. The highest BCUT2D eigenvalue weighted by molar-refractivity contribution is 6.33. The predicted molar refractivity (Wildman–Crippen MR) is 62.4 cm³/mol. The molecule has 17 heavy (non-hydrogen) atoms. The van der Waals surface area contributed by atoms with Crippen LogP contribution >= 0.6 is 11.6 Å². The molecule has 0 saturated carbocycles. The Morgan fingerprint density at radius 3 is 2.71 bits per heavy atom. The summed E-state index contributed by atoms with van der Waals surface area (Å²) in [5.74, 6) is 1.35. The molecule has 3 rings (SSSR count). The van der Waals surface area contributed by atoms with Crippen molar-refractivity contribution in [3.05, 3.63) is 47.7 Å². The summed E-state index contributed by atoms with van der Waals surface area (Å²) in [5, 5.41) is 4.41. The highest BCUT2D eigenvalue weighted by Crippen LogP contribution is 2.27. The van der Waals surface area contributed by atoms with Gasteiger partial charge in [0.05, 0.1) is 16.8 Å². The molecule has 0 aliphatic rings. The molecule has 0 aliphatic carbocycles. The molecule has 5 heteroatoms. The van der Waals surface area contributed by atoms with Crippen molar-refractivity contribution in [1.29, 1.82) is 0 Å². The van der Waals surface area contributed by atoms with Gasteiger partial charge in [0, 0.05) is 0 Å². The van der Waals surface area contributed by atoms with Gasteiger partial charge in [-0.3, -0.25) is 0 Å². The summed E-state index contributed by atoms with van der Waals surface area (Å²) in [6.45, 7) is 0. The minimum Gasteiger partial charge on any atom is -0.461 e. The van der Waals surface area contributed by atoms with E-state index < -0.39 is 0 Å². The molecule has 0 amide bonds. The number of furan rings is 1. The van der Waals surface area contributed by atoms with Crippen molar-refractivity contribution in [2.24, 2.45) is 0 Å². The van der Waals surface area contributed by atoms with Crippen LogP contribution in [0.25, 0.3) is 23.0 Å². The van der Waals surface area contributed by atoms with Gasteiger partial charge in [0.15, 0.2) is 5.76 Å². The van der Waals surface area contributed by atoms with E-state index in [2.05, 4.69) is 10.1 Å². The van der Waals surface area contributed by atoms with Crippen molar-refractivity contribution >= 4 is 11.6 Å². The van der Waals surface area contributed by atoms with Crippen LogP contribution in [0.3, 0.4) is 0 Å². The zero-order valence-electron chi connectivity index (χ0n) is 8.63. The summed E-state index contributed by atoms with van der Waals surface area (Å²) in [4.78, 5) is 4.23. The van der Waals surface area contributed by atoms with Gasteiger partial charge in [0.1, 0.15) is 0 Å². The van der Waals surface area contributed by atoms with Crippen molar-refractivity contribution in [3.8, 4) is 23.0 Å². The molecular formula is C12H7ClN2O2. The van der Waals surface area contributed by atoms with E-state index in [0.29, 0.717) is 28.1 Å². The Labute approximate surface area is 102 Å². The SMILES string of the molecule is Clc1ccccc1-c1nc(-c2ccco2)no1. The molecule has 84 valence electrons. The second-order valence-corrected chi connectivity index (χ2v) is 3.79. The van der Waals surface area contributed by atoms with Crippen LogP contribution in [0, 0.1) is 0 Å². The van der Waals surface area contributed by atoms with Gasteiger partial charge in [-0.25, -0.2) is 0 Å². The number of nitrogens with zero attached hydrogens (tertiary/aromatic N) is 2. The molecule has 0 radical (unpaired) electrons. The normalized spacial score (nSPS) is 10.6. The molecule has 0 unspecified atom stereocenters. The first-order chi connectivity index (χ1) is 8.34. The van der Waals surface area contributed by atoms with Gasteiger partial charge in [-0.2, -0.15) is 4.98 Å². The number of hydrogen-bond acceptors (Lipinski definition) is 4. The number of benzene rings is 1. The fourth-order valence-electron chi connectivity index (χ4n) is 1.47. The summed E-state index contributed by atoms with van der Waals surface area (Å²) >= 11 is 6.04. The largest absolute Gasteiger partial charge is 0.461 e. The lowest BCUT2D eigenvalue weighted by atomic mass is 10.2. The van der Waals surface area contributed by atoms with Crippen molar-refractivity contribution < 1.29 is 8.94 Å². The number of hydrogen-bond donors (Lipinski definition) is 0. The van der Waals surface area contributed by atoms with Gasteiger partial charge >= 0.3 is 0 Å². The van der Waals surface area contributed by atoms with Crippen molar-refractivity contribution in [1.82, 2.24) is 10.1 Å². The van der Waals surface area contributed by atoms with Gasteiger partial charge in [0.2, 0.25) is 5.82 Å². The third-order valence-electron chi connectivity index (χ3n) is 2.27. The van der Waals surface area contributed by atoms with Crippen LogP contribution in [0.5, 0.6) is 0 Å². The molecule has 3 aromatic rings. The van der Waals surface area contributed by atoms with Crippen molar-refractivity contribution in [2.45, 2.75) is 0 Å². The lowest BCUT2D eigenvalue weighted by Crippen LogP contribution is -1.79. The molecule has 1 aromatic carbocycles. The Balaban J connectivity index is 2.04. The van der Waals surface area contributed by atoms with E-state index in [1.807, 2.05) is 18.2 Å². The van der Waals surface area contributed by atoms with E-state index in [9.17, 15) is 0 Å². The van der Waals surface area contributed by atoms with E-state index in [4.69, 9.17) is 20.5 Å². The van der Waals surface area contributed by atoms with E-state index in [0.717, 1.165) is 0 Å². The molecule has 0 spiro atoms.